The van der Waals surface area contributed by atoms with E-state index in [0.29, 0.717) is 16.3 Å². The van der Waals surface area contributed by atoms with Gasteiger partial charge in [0.2, 0.25) is 0 Å². The number of benzene rings is 1. The van der Waals surface area contributed by atoms with Crippen molar-refractivity contribution in [2.75, 3.05) is 5.32 Å². The molecule has 0 spiro atoms. The molecular formula is C14H13NO4S. The van der Waals surface area contributed by atoms with Crippen LogP contribution in [0.1, 0.15) is 30.5 Å². The van der Waals surface area contributed by atoms with Crippen LogP contribution in [-0.2, 0) is 0 Å². The summed E-state index contributed by atoms with van der Waals surface area (Å²) >= 11 is 1.37. The van der Waals surface area contributed by atoms with Gasteiger partial charge < -0.3 is 15.5 Å². The summed E-state index contributed by atoms with van der Waals surface area (Å²) in [6.07, 6.45) is 0. The average molecular weight is 291 g/mol. The number of carboxylic acid groups (broad SMARTS) is 2. The summed E-state index contributed by atoms with van der Waals surface area (Å²) < 4.78 is 0. The fraction of sp³-hybridized carbons (Fsp3) is 0.143. The Hall–Kier alpha value is -2.34. The number of rotatable bonds is 4. The zero-order chi connectivity index (χ0) is 14.9. The molecule has 6 heteroatoms. The molecule has 3 N–H and O–H groups in total. The van der Waals surface area contributed by atoms with Gasteiger partial charge in [-0.2, -0.15) is 0 Å². The molecule has 0 aliphatic carbocycles. The van der Waals surface area contributed by atoms with Crippen LogP contribution >= 0.6 is 11.3 Å². The zero-order valence-electron chi connectivity index (χ0n) is 10.9. The number of carboxylic acids is 2. The van der Waals surface area contributed by atoms with Crippen LogP contribution in [0.25, 0.3) is 0 Å². The molecule has 5 nitrogen and oxygen atoms in total. The molecule has 0 atom stereocenters. The molecule has 0 bridgehead atoms. The highest BCUT2D eigenvalue weighted by Crippen LogP contribution is 2.35. The lowest BCUT2D eigenvalue weighted by Crippen LogP contribution is -2.06. The molecule has 0 amide bonds. The van der Waals surface area contributed by atoms with E-state index >= 15 is 0 Å². The molecule has 20 heavy (non-hydrogen) atoms. The highest BCUT2D eigenvalue weighted by Gasteiger charge is 2.20. The van der Waals surface area contributed by atoms with Crippen molar-refractivity contribution in [3.05, 3.63) is 45.1 Å². The van der Waals surface area contributed by atoms with Crippen LogP contribution in [0, 0.1) is 13.8 Å². The Morgan fingerprint density at radius 2 is 1.70 bits per heavy atom. The number of anilines is 2. The van der Waals surface area contributed by atoms with Gasteiger partial charge in [-0.3, -0.25) is 0 Å². The molecule has 0 fully saturated rings. The highest BCUT2D eigenvalue weighted by molar-refractivity contribution is 7.12. The van der Waals surface area contributed by atoms with Crippen LogP contribution in [0.2, 0.25) is 0 Å². The first-order valence-corrected chi connectivity index (χ1v) is 6.66. The number of hydrogen-bond donors (Lipinski definition) is 3. The Morgan fingerprint density at radius 1 is 1.05 bits per heavy atom. The molecule has 0 radical (unpaired) electrons. The second-order valence-electron chi connectivity index (χ2n) is 4.25. The summed E-state index contributed by atoms with van der Waals surface area (Å²) in [6, 6.07) is 6.41. The third-order valence-electron chi connectivity index (χ3n) is 2.89. The Bertz CT molecular complexity index is 690. The molecule has 2 rings (SSSR count). The average Bonchev–Trinajstić information content (AvgIpc) is 2.64. The summed E-state index contributed by atoms with van der Waals surface area (Å²) in [5, 5.41) is 21.4. The summed E-state index contributed by atoms with van der Waals surface area (Å²) in [7, 11) is 0. The van der Waals surface area contributed by atoms with Crippen molar-refractivity contribution in [3.8, 4) is 0 Å². The van der Waals surface area contributed by atoms with Gasteiger partial charge in [-0.05, 0) is 26.0 Å². The van der Waals surface area contributed by atoms with Crippen LogP contribution in [0.5, 0.6) is 0 Å². The van der Waals surface area contributed by atoms with Crippen molar-refractivity contribution in [3.63, 3.8) is 0 Å². The van der Waals surface area contributed by atoms with E-state index in [2.05, 4.69) is 5.32 Å². The number of para-hydroxylation sites is 1. The fourth-order valence-corrected chi connectivity index (χ4v) is 3.01. The van der Waals surface area contributed by atoms with Gasteiger partial charge in [-0.25, -0.2) is 9.59 Å². The lowest BCUT2D eigenvalue weighted by molar-refractivity contribution is 0.0688. The number of aromatic carboxylic acids is 2. The molecule has 2 aromatic rings. The Kier molecular flexibility index (Phi) is 3.76. The maximum atomic E-state index is 11.3. The lowest BCUT2D eigenvalue weighted by Gasteiger charge is -2.10. The van der Waals surface area contributed by atoms with Crippen LogP contribution < -0.4 is 5.32 Å². The molecule has 1 aromatic heterocycles. The summed E-state index contributed by atoms with van der Waals surface area (Å²) in [4.78, 5) is 24.0. The van der Waals surface area contributed by atoms with Crippen molar-refractivity contribution in [1.29, 1.82) is 0 Å². The largest absolute Gasteiger partial charge is 0.478 e. The van der Waals surface area contributed by atoms with E-state index in [-0.39, 0.29) is 11.1 Å². The lowest BCUT2D eigenvalue weighted by atomic mass is 10.1. The summed E-state index contributed by atoms with van der Waals surface area (Å²) in [5.74, 6) is -2.09. The predicted molar refractivity (Wildman–Crippen MR) is 77.4 cm³/mol. The van der Waals surface area contributed by atoms with E-state index in [1.165, 1.54) is 17.4 Å². The van der Waals surface area contributed by atoms with Crippen molar-refractivity contribution >= 4 is 34.7 Å². The van der Waals surface area contributed by atoms with E-state index in [1.54, 1.807) is 32.0 Å². The van der Waals surface area contributed by atoms with Crippen molar-refractivity contribution < 1.29 is 19.8 Å². The Labute approximate surface area is 119 Å². The van der Waals surface area contributed by atoms with Crippen LogP contribution in [-0.4, -0.2) is 22.2 Å². The first-order valence-electron chi connectivity index (χ1n) is 5.84. The van der Waals surface area contributed by atoms with E-state index in [1.807, 2.05) is 0 Å². The Morgan fingerprint density at radius 3 is 2.30 bits per heavy atom. The van der Waals surface area contributed by atoms with Gasteiger partial charge in [0, 0.05) is 9.75 Å². The van der Waals surface area contributed by atoms with Crippen LogP contribution in [0.4, 0.5) is 11.4 Å². The standard InChI is InChI=1S/C14H13NO4S/c1-7-11(14(18)19)12(8(2)20-7)15-10-6-4-3-5-9(10)13(16)17/h3-6,15H,1-2H3,(H,16,17)(H,18,19). The number of nitrogens with one attached hydrogen (secondary N) is 1. The summed E-state index contributed by atoms with van der Waals surface area (Å²) in [6.45, 7) is 3.53. The van der Waals surface area contributed by atoms with E-state index in [4.69, 9.17) is 5.11 Å². The number of aryl methyl sites for hydroxylation is 2. The van der Waals surface area contributed by atoms with E-state index in [9.17, 15) is 14.7 Å². The first-order chi connectivity index (χ1) is 9.41. The minimum absolute atomic E-state index is 0.104. The minimum Gasteiger partial charge on any atom is -0.478 e. The minimum atomic E-state index is -1.06. The van der Waals surface area contributed by atoms with Gasteiger partial charge in [0.15, 0.2) is 0 Å². The zero-order valence-corrected chi connectivity index (χ0v) is 11.7. The predicted octanol–water partition coefficient (Wildman–Crippen LogP) is 3.50. The third kappa shape index (κ3) is 2.50. The number of thiophene rings is 1. The molecule has 104 valence electrons. The maximum Gasteiger partial charge on any atom is 0.338 e. The molecule has 0 saturated heterocycles. The van der Waals surface area contributed by atoms with Crippen molar-refractivity contribution in [1.82, 2.24) is 0 Å². The van der Waals surface area contributed by atoms with Gasteiger partial charge >= 0.3 is 11.9 Å². The second kappa shape index (κ2) is 5.34. The fourth-order valence-electron chi connectivity index (χ4n) is 2.01. The first kappa shape index (κ1) is 14.1. The summed E-state index contributed by atoms with van der Waals surface area (Å²) in [5.41, 5.74) is 1.12. The SMILES string of the molecule is Cc1sc(C)c(C(=O)O)c1Nc1ccccc1C(=O)O. The van der Waals surface area contributed by atoms with Gasteiger partial charge in [0.25, 0.3) is 0 Å². The van der Waals surface area contributed by atoms with E-state index in [0.717, 1.165) is 4.88 Å². The van der Waals surface area contributed by atoms with Gasteiger partial charge in [-0.15, -0.1) is 11.3 Å². The highest BCUT2D eigenvalue weighted by atomic mass is 32.1. The quantitative estimate of drug-likeness (QED) is 0.802. The van der Waals surface area contributed by atoms with Gasteiger partial charge in [0.1, 0.15) is 0 Å². The third-order valence-corrected chi connectivity index (χ3v) is 3.91. The molecular weight excluding hydrogens is 278 g/mol. The normalized spacial score (nSPS) is 10.3. The number of hydrogen-bond acceptors (Lipinski definition) is 4. The van der Waals surface area contributed by atoms with E-state index < -0.39 is 11.9 Å². The maximum absolute atomic E-state index is 11.3. The molecule has 1 aromatic carbocycles. The smallest absolute Gasteiger partial charge is 0.338 e. The molecule has 0 saturated carbocycles. The van der Waals surface area contributed by atoms with Crippen LogP contribution in [0.15, 0.2) is 24.3 Å². The van der Waals surface area contributed by atoms with Crippen LogP contribution in [0.3, 0.4) is 0 Å². The molecule has 0 aliphatic heterocycles. The Balaban J connectivity index is 2.51. The monoisotopic (exact) mass is 291 g/mol. The molecule has 0 unspecified atom stereocenters. The second-order valence-corrected chi connectivity index (χ2v) is 5.67. The van der Waals surface area contributed by atoms with Gasteiger partial charge in [-0.1, -0.05) is 12.1 Å². The topological polar surface area (TPSA) is 86.6 Å². The van der Waals surface area contributed by atoms with Crippen molar-refractivity contribution in [2.24, 2.45) is 0 Å². The van der Waals surface area contributed by atoms with Crippen molar-refractivity contribution in [2.45, 2.75) is 13.8 Å². The molecule has 1 heterocycles. The van der Waals surface area contributed by atoms with Gasteiger partial charge in [0.05, 0.1) is 22.5 Å². The number of carbonyl (C=O) groups is 2. The molecule has 0 aliphatic rings.